The minimum absolute atomic E-state index is 0.208. The molecule has 0 rings (SSSR count). The molecular weight excluding hydrogens is 204 g/mol. The molecule has 0 fully saturated rings. The average Bonchev–Trinajstić information content (AvgIpc) is 2.29. The first kappa shape index (κ1) is 15.4. The number of hydrogen-bond donors (Lipinski definition) is 1. The fraction of sp³-hybridized carbons (Fsp3) is 0.923. The van der Waals surface area contributed by atoms with Crippen LogP contribution in [0, 0.1) is 11.8 Å². The molecule has 0 aromatic heterocycles. The van der Waals surface area contributed by atoms with E-state index in [1.807, 2.05) is 0 Å². The summed E-state index contributed by atoms with van der Waals surface area (Å²) in [6.07, 6.45) is 3.54. The first-order valence-corrected chi connectivity index (χ1v) is 6.43. The van der Waals surface area contributed by atoms with E-state index in [9.17, 15) is 9.90 Å². The predicted molar refractivity (Wildman–Crippen MR) is 65.1 cm³/mol. The van der Waals surface area contributed by atoms with Gasteiger partial charge in [-0.25, -0.2) is 0 Å². The van der Waals surface area contributed by atoms with Crippen LogP contribution in [0.5, 0.6) is 0 Å². The van der Waals surface area contributed by atoms with E-state index in [1.165, 1.54) is 0 Å². The highest BCUT2D eigenvalue weighted by Gasteiger charge is 2.28. The Balaban J connectivity index is 4.25. The van der Waals surface area contributed by atoms with Crippen molar-refractivity contribution in [2.45, 2.75) is 59.5 Å². The molecule has 1 N–H and O–H groups in total. The first-order chi connectivity index (χ1) is 7.58. The van der Waals surface area contributed by atoms with Crippen LogP contribution in [0.1, 0.15) is 53.4 Å². The van der Waals surface area contributed by atoms with E-state index in [-0.39, 0.29) is 11.9 Å². The average molecular weight is 230 g/mol. The van der Waals surface area contributed by atoms with Crippen molar-refractivity contribution in [3.63, 3.8) is 0 Å². The van der Waals surface area contributed by atoms with Crippen LogP contribution in [-0.4, -0.2) is 23.8 Å². The van der Waals surface area contributed by atoms with Gasteiger partial charge in [0.05, 0.1) is 18.6 Å². The number of esters is 1. The van der Waals surface area contributed by atoms with Crippen LogP contribution < -0.4 is 0 Å². The van der Waals surface area contributed by atoms with Crippen molar-refractivity contribution in [3.8, 4) is 0 Å². The molecule has 0 bridgehead atoms. The summed E-state index contributed by atoms with van der Waals surface area (Å²) in [5, 5.41) is 10.1. The highest BCUT2D eigenvalue weighted by molar-refractivity contribution is 5.72. The maximum Gasteiger partial charge on any atom is 0.311 e. The van der Waals surface area contributed by atoms with E-state index >= 15 is 0 Å². The summed E-state index contributed by atoms with van der Waals surface area (Å²) in [7, 11) is 0. The normalized spacial score (nSPS) is 16.6. The number of aliphatic hydroxyl groups is 1. The van der Waals surface area contributed by atoms with Crippen molar-refractivity contribution in [2.24, 2.45) is 11.8 Å². The lowest BCUT2D eigenvalue weighted by molar-refractivity contribution is -0.152. The lowest BCUT2D eigenvalue weighted by atomic mass is 9.86. The van der Waals surface area contributed by atoms with Crippen molar-refractivity contribution in [3.05, 3.63) is 0 Å². The molecule has 0 spiro atoms. The van der Waals surface area contributed by atoms with Gasteiger partial charge in [0.25, 0.3) is 0 Å². The van der Waals surface area contributed by atoms with Crippen molar-refractivity contribution in [1.82, 2.24) is 0 Å². The Morgan fingerprint density at radius 1 is 1.31 bits per heavy atom. The van der Waals surface area contributed by atoms with Crippen LogP contribution in [0.15, 0.2) is 0 Å². The number of carbonyl (C=O) groups is 1. The molecule has 96 valence electrons. The van der Waals surface area contributed by atoms with E-state index in [0.717, 1.165) is 25.7 Å². The molecule has 0 saturated heterocycles. The third-order valence-corrected chi connectivity index (χ3v) is 3.11. The van der Waals surface area contributed by atoms with Crippen LogP contribution in [0.4, 0.5) is 0 Å². The molecule has 3 heteroatoms. The zero-order valence-electron chi connectivity index (χ0n) is 11.0. The smallest absolute Gasteiger partial charge is 0.311 e. The van der Waals surface area contributed by atoms with Gasteiger partial charge in [-0.1, -0.05) is 33.1 Å². The zero-order chi connectivity index (χ0) is 12.6. The standard InChI is InChI=1S/C13H26O3/c1-5-8-9-11(6-2)12(14)10(4)13(15)16-7-3/h10-12,14H,5-9H2,1-4H3. The summed E-state index contributed by atoms with van der Waals surface area (Å²) < 4.78 is 4.92. The van der Waals surface area contributed by atoms with Crippen molar-refractivity contribution < 1.29 is 14.6 Å². The molecule has 3 nitrogen and oxygen atoms in total. The molecule has 3 atom stereocenters. The molecule has 16 heavy (non-hydrogen) atoms. The molecule has 0 aromatic rings. The van der Waals surface area contributed by atoms with Crippen molar-refractivity contribution in [1.29, 1.82) is 0 Å². The molecule has 0 aliphatic rings. The van der Waals surface area contributed by atoms with E-state index < -0.39 is 12.0 Å². The number of rotatable bonds is 8. The largest absolute Gasteiger partial charge is 0.466 e. The Morgan fingerprint density at radius 2 is 1.94 bits per heavy atom. The second kappa shape index (κ2) is 8.57. The quantitative estimate of drug-likeness (QED) is 0.652. The molecule has 0 heterocycles. The van der Waals surface area contributed by atoms with Crippen molar-refractivity contribution >= 4 is 5.97 Å². The predicted octanol–water partition coefficient (Wildman–Crippen LogP) is 2.76. The minimum Gasteiger partial charge on any atom is -0.466 e. The third kappa shape index (κ3) is 4.97. The van der Waals surface area contributed by atoms with Crippen LogP contribution in [0.2, 0.25) is 0 Å². The Bertz CT molecular complexity index is 192. The summed E-state index contributed by atoms with van der Waals surface area (Å²) in [5.74, 6) is -0.494. The first-order valence-electron chi connectivity index (χ1n) is 6.43. The number of hydrogen-bond acceptors (Lipinski definition) is 3. The second-order valence-electron chi connectivity index (χ2n) is 4.34. The van der Waals surface area contributed by atoms with Gasteiger partial charge in [-0.3, -0.25) is 4.79 Å². The van der Waals surface area contributed by atoms with Gasteiger partial charge >= 0.3 is 5.97 Å². The van der Waals surface area contributed by atoms with Gasteiger partial charge in [-0.05, 0) is 26.2 Å². The fourth-order valence-corrected chi connectivity index (χ4v) is 1.90. The molecular formula is C13H26O3. The lowest BCUT2D eigenvalue weighted by Gasteiger charge is -2.25. The van der Waals surface area contributed by atoms with Crippen LogP contribution >= 0.6 is 0 Å². The number of ether oxygens (including phenoxy) is 1. The molecule has 0 radical (unpaired) electrons. The molecule has 0 aromatic carbocycles. The van der Waals surface area contributed by atoms with Gasteiger partial charge in [0.1, 0.15) is 0 Å². The topological polar surface area (TPSA) is 46.5 Å². The Morgan fingerprint density at radius 3 is 2.38 bits per heavy atom. The second-order valence-corrected chi connectivity index (χ2v) is 4.34. The van der Waals surface area contributed by atoms with Crippen LogP contribution in [0.25, 0.3) is 0 Å². The summed E-state index contributed by atoms with van der Waals surface area (Å²) in [6.45, 7) is 8.10. The highest BCUT2D eigenvalue weighted by atomic mass is 16.5. The third-order valence-electron chi connectivity index (χ3n) is 3.11. The van der Waals surface area contributed by atoms with Gasteiger partial charge in [-0.2, -0.15) is 0 Å². The minimum atomic E-state index is -0.574. The summed E-state index contributed by atoms with van der Waals surface area (Å²) in [6, 6.07) is 0. The number of unbranched alkanes of at least 4 members (excludes halogenated alkanes) is 1. The Hall–Kier alpha value is -0.570. The molecule has 0 aliphatic heterocycles. The van der Waals surface area contributed by atoms with E-state index in [1.54, 1.807) is 13.8 Å². The number of carbonyl (C=O) groups excluding carboxylic acids is 1. The highest BCUT2D eigenvalue weighted by Crippen LogP contribution is 2.23. The molecule has 0 amide bonds. The number of aliphatic hydroxyl groups excluding tert-OH is 1. The zero-order valence-corrected chi connectivity index (χ0v) is 11.0. The van der Waals surface area contributed by atoms with Gasteiger partial charge in [0.15, 0.2) is 0 Å². The summed E-state index contributed by atoms with van der Waals surface area (Å²) in [4.78, 5) is 11.5. The van der Waals surface area contributed by atoms with Gasteiger partial charge in [0.2, 0.25) is 0 Å². The van der Waals surface area contributed by atoms with E-state index in [0.29, 0.717) is 6.61 Å². The van der Waals surface area contributed by atoms with E-state index in [4.69, 9.17) is 4.74 Å². The lowest BCUT2D eigenvalue weighted by Crippen LogP contribution is -2.33. The fourth-order valence-electron chi connectivity index (χ4n) is 1.90. The molecule has 0 saturated carbocycles. The molecule has 3 unspecified atom stereocenters. The SMILES string of the molecule is CCCCC(CC)C(O)C(C)C(=O)OCC. The monoisotopic (exact) mass is 230 g/mol. The van der Waals surface area contributed by atoms with E-state index in [2.05, 4.69) is 13.8 Å². The summed E-state index contributed by atoms with van der Waals surface area (Å²) in [5.41, 5.74) is 0. The summed E-state index contributed by atoms with van der Waals surface area (Å²) >= 11 is 0. The maximum atomic E-state index is 11.5. The Kier molecular flexibility index (Phi) is 8.26. The van der Waals surface area contributed by atoms with Crippen LogP contribution in [0.3, 0.4) is 0 Å². The molecule has 0 aliphatic carbocycles. The van der Waals surface area contributed by atoms with Gasteiger partial charge in [-0.15, -0.1) is 0 Å². The van der Waals surface area contributed by atoms with Crippen LogP contribution in [-0.2, 0) is 9.53 Å². The van der Waals surface area contributed by atoms with Gasteiger partial charge < -0.3 is 9.84 Å². The maximum absolute atomic E-state index is 11.5. The Labute approximate surface area is 99.2 Å². The van der Waals surface area contributed by atoms with Crippen molar-refractivity contribution in [2.75, 3.05) is 6.61 Å². The van der Waals surface area contributed by atoms with Gasteiger partial charge in [0, 0.05) is 0 Å².